The minimum atomic E-state index is -0.315. The van der Waals surface area contributed by atoms with Gasteiger partial charge >= 0.3 is 0 Å². The molecule has 0 saturated heterocycles. The summed E-state index contributed by atoms with van der Waals surface area (Å²) in [5.74, 6) is 1.83. The Morgan fingerprint density at radius 3 is 2.54 bits per heavy atom. The van der Waals surface area contributed by atoms with Gasteiger partial charge in [-0.2, -0.15) is 5.10 Å². The summed E-state index contributed by atoms with van der Waals surface area (Å²) in [5, 5.41) is 4.14. The van der Waals surface area contributed by atoms with Gasteiger partial charge in [0.1, 0.15) is 19.0 Å². The number of hydrazone groups is 1. The van der Waals surface area contributed by atoms with E-state index in [1.165, 1.54) is 0 Å². The van der Waals surface area contributed by atoms with Crippen molar-refractivity contribution in [3.8, 4) is 17.2 Å². The second kappa shape index (κ2) is 7.91. The molecule has 2 aromatic rings. The molecule has 1 N–H and O–H groups in total. The lowest BCUT2D eigenvalue weighted by atomic mass is 10.1. The molecule has 136 valence electrons. The highest BCUT2D eigenvalue weighted by Gasteiger charge is 2.13. The lowest BCUT2D eigenvalue weighted by Crippen LogP contribution is -2.26. The molecule has 6 heteroatoms. The van der Waals surface area contributed by atoms with Crippen molar-refractivity contribution >= 4 is 11.6 Å². The molecule has 0 bridgehead atoms. The fourth-order valence-electron chi connectivity index (χ4n) is 2.68. The minimum absolute atomic E-state index is 0.0936. The number of nitrogens with zero attached hydrogens (tertiary/aromatic N) is 1. The maximum Gasteiger partial charge on any atom is 0.277 e. The summed E-state index contributed by atoms with van der Waals surface area (Å²) < 4.78 is 16.7. The number of amides is 1. The van der Waals surface area contributed by atoms with Gasteiger partial charge in [-0.05, 0) is 50.1 Å². The molecule has 1 aliphatic rings. The van der Waals surface area contributed by atoms with E-state index in [0.717, 1.165) is 28.2 Å². The van der Waals surface area contributed by atoms with Gasteiger partial charge in [0.2, 0.25) is 0 Å². The first-order valence-corrected chi connectivity index (χ1v) is 8.47. The smallest absolute Gasteiger partial charge is 0.277 e. The van der Waals surface area contributed by atoms with Crippen molar-refractivity contribution < 1.29 is 19.0 Å². The Morgan fingerprint density at radius 2 is 1.81 bits per heavy atom. The van der Waals surface area contributed by atoms with Crippen molar-refractivity contribution in [3.05, 3.63) is 53.1 Å². The molecule has 1 heterocycles. The number of ether oxygens (including phenoxy) is 3. The van der Waals surface area contributed by atoms with Crippen molar-refractivity contribution in [2.75, 3.05) is 19.8 Å². The van der Waals surface area contributed by atoms with E-state index in [-0.39, 0.29) is 12.5 Å². The Morgan fingerprint density at radius 1 is 1.12 bits per heavy atom. The second-order valence-corrected chi connectivity index (χ2v) is 6.10. The average molecular weight is 354 g/mol. The molecule has 2 aromatic carbocycles. The number of hydrogen-bond donors (Lipinski definition) is 1. The molecule has 0 saturated carbocycles. The number of carbonyl (C=O) groups is 1. The molecule has 1 aliphatic heterocycles. The SMILES string of the molecule is C/C(=N/NC(=O)COc1c(C)cccc1C)c1ccc2c(c1)OCCO2. The lowest BCUT2D eigenvalue weighted by Gasteiger charge is -2.18. The van der Waals surface area contributed by atoms with E-state index >= 15 is 0 Å². The van der Waals surface area contributed by atoms with Gasteiger partial charge < -0.3 is 14.2 Å². The Balaban J connectivity index is 1.59. The van der Waals surface area contributed by atoms with E-state index in [2.05, 4.69) is 10.5 Å². The van der Waals surface area contributed by atoms with Crippen LogP contribution in [0.3, 0.4) is 0 Å². The molecular weight excluding hydrogens is 332 g/mol. The summed E-state index contributed by atoms with van der Waals surface area (Å²) in [5.41, 5.74) is 6.03. The zero-order chi connectivity index (χ0) is 18.5. The van der Waals surface area contributed by atoms with Crippen LogP contribution in [0.15, 0.2) is 41.5 Å². The van der Waals surface area contributed by atoms with Crippen LogP contribution in [0.25, 0.3) is 0 Å². The summed E-state index contributed by atoms with van der Waals surface area (Å²) in [4.78, 5) is 12.0. The monoisotopic (exact) mass is 354 g/mol. The summed E-state index contributed by atoms with van der Waals surface area (Å²) in [6.45, 7) is 6.70. The number of rotatable bonds is 5. The Bertz CT molecular complexity index is 825. The number of fused-ring (bicyclic) bond motifs is 1. The molecule has 0 aliphatic carbocycles. The van der Waals surface area contributed by atoms with Crippen LogP contribution in [0.1, 0.15) is 23.6 Å². The maximum absolute atomic E-state index is 12.0. The van der Waals surface area contributed by atoms with Crippen LogP contribution in [-0.2, 0) is 4.79 Å². The van der Waals surface area contributed by atoms with E-state index in [1.54, 1.807) is 0 Å². The summed E-state index contributed by atoms with van der Waals surface area (Å²) in [6.07, 6.45) is 0. The standard InChI is InChI=1S/C20H22N2O4/c1-13-5-4-6-14(2)20(13)26-12-19(23)22-21-15(3)16-7-8-17-18(11-16)25-10-9-24-17/h4-8,11H,9-10,12H2,1-3H3,(H,22,23)/b21-15-. The van der Waals surface area contributed by atoms with Crippen molar-refractivity contribution in [2.24, 2.45) is 5.10 Å². The first-order chi connectivity index (χ1) is 12.5. The summed E-state index contributed by atoms with van der Waals surface area (Å²) >= 11 is 0. The van der Waals surface area contributed by atoms with Gasteiger partial charge in [0.25, 0.3) is 5.91 Å². The van der Waals surface area contributed by atoms with Gasteiger partial charge in [0.05, 0.1) is 5.71 Å². The Labute approximate surface area is 152 Å². The highest BCUT2D eigenvalue weighted by atomic mass is 16.6. The lowest BCUT2D eigenvalue weighted by molar-refractivity contribution is -0.123. The van der Waals surface area contributed by atoms with Gasteiger partial charge in [0, 0.05) is 5.56 Å². The fourth-order valence-corrected chi connectivity index (χ4v) is 2.68. The number of hydrogen-bond acceptors (Lipinski definition) is 5. The summed E-state index contributed by atoms with van der Waals surface area (Å²) in [7, 11) is 0. The molecule has 0 aromatic heterocycles. The topological polar surface area (TPSA) is 69.2 Å². The third kappa shape index (κ3) is 4.14. The third-order valence-electron chi connectivity index (χ3n) is 4.06. The van der Waals surface area contributed by atoms with Crippen LogP contribution in [0.4, 0.5) is 0 Å². The van der Waals surface area contributed by atoms with Gasteiger partial charge in [0.15, 0.2) is 18.1 Å². The van der Waals surface area contributed by atoms with E-state index < -0.39 is 0 Å². The molecule has 1 amide bonds. The van der Waals surface area contributed by atoms with Crippen molar-refractivity contribution in [3.63, 3.8) is 0 Å². The fraction of sp³-hybridized carbons (Fsp3) is 0.300. The molecule has 3 rings (SSSR count). The molecule has 26 heavy (non-hydrogen) atoms. The molecule has 0 atom stereocenters. The number of carbonyl (C=O) groups excluding carboxylic acids is 1. The van der Waals surface area contributed by atoms with Crippen LogP contribution in [0, 0.1) is 13.8 Å². The zero-order valence-electron chi connectivity index (χ0n) is 15.2. The quantitative estimate of drug-likeness (QED) is 0.662. The Hall–Kier alpha value is -3.02. The summed E-state index contributed by atoms with van der Waals surface area (Å²) in [6, 6.07) is 11.4. The van der Waals surface area contributed by atoms with Crippen LogP contribution in [-0.4, -0.2) is 31.4 Å². The highest BCUT2D eigenvalue weighted by molar-refractivity contribution is 5.99. The normalized spacial score (nSPS) is 13.3. The van der Waals surface area contributed by atoms with E-state index in [0.29, 0.717) is 24.7 Å². The van der Waals surface area contributed by atoms with Gasteiger partial charge in [-0.15, -0.1) is 0 Å². The number of nitrogens with one attached hydrogen (secondary N) is 1. The average Bonchev–Trinajstić information content (AvgIpc) is 2.65. The van der Waals surface area contributed by atoms with Crippen molar-refractivity contribution in [1.82, 2.24) is 5.43 Å². The van der Waals surface area contributed by atoms with Crippen LogP contribution in [0.2, 0.25) is 0 Å². The van der Waals surface area contributed by atoms with Gasteiger partial charge in [-0.1, -0.05) is 18.2 Å². The largest absolute Gasteiger partial charge is 0.486 e. The predicted octanol–water partition coefficient (Wildman–Crippen LogP) is 2.99. The molecular formula is C20H22N2O4. The highest BCUT2D eigenvalue weighted by Crippen LogP contribution is 2.30. The van der Waals surface area contributed by atoms with Crippen LogP contribution in [0.5, 0.6) is 17.2 Å². The van der Waals surface area contributed by atoms with E-state index in [9.17, 15) is 4.79 Å². The Kier molecular flexibility index (Phi) is 5.41. The van der Waals surface area contributed by atoms with E-state index in [1.807, 2.05) is 57.2 Å². The molecule has 6 nitrogen and oxygen atoms in total. The van der Waals surface area contributed by atoms with Crippen molar-refractivity contribution in [1.29, 1.82) is 0 Å². The number of benzene rings is 2. The predicted molar refractivity (Wildman–Crippen MR) is 99.2 cm³/mol. The number of aryl methyl sites for hydroxylation is 2. The molecule has 0 fully saturated rings. The third-order valence-corrected chi connectivity index (χ3v) is 4.06. The van der Waals surface area contributed by atoms with Crippen LogP contribution < -0.4 is 19.6 Å². The molecule has 0 unspecified atom stereocenters. The molecule has 0 radical (unpaired) electrons. The maximum atomic E-state index is 12.0. The second-order valence-electron chi connectivity index (χ2n) is 6.10. The van der Waals surface area contributed by atoms with Crippen molar-refractivity contribution in [2.45, 2.75) is 20.8 Å². The van der Waals surface area contributed by atoms with Gasteiger partial charge in [-0.25, -0.2) is 5.43 Å². The molecule has 0 spiro atoms. The zero-order valence-corrected chi connectivity index (χ0v) is 15.2. The van der Waals surface area contributed by atoms with Gasteiger partial charge in [-0.3, -0.25) is 4.79 Å². The minimum Gasteiger partial charge on any atom is -0.486 e. The number of para-hydroxylation sites is 1. The van der Waals surface area contributed by atoms with E-state index in [4.69, 9.17) is 14.2 Å². The first kappa shape index (κ1) is 17.8. The first-order valence-electron chi connectivity index (χ1n) is 8.47. The van der Waals surface area contributed by atoms with Crippen LogP contribution >= 0.6 is 0 Å².